The molecule has 0 saturated heterocycles. The van der Waals surface area contributed by atoms with Crippen LogP contribution in [0.2, 0.25) is 0 Å². The van der Waals surface area contributed by atoms with E-state index in [1.807, 2.05) is 0 Å². The highest BCUT2D eigenvalue weighted by Crippen LogP contribution is 2.29. The number of nitrogens with one attached hydrogen (secondary N) is 1. The van der Waals surface area contributed by atoms with Crippen LogP contribution in [0.1, 0.15) is 29.7 Å². The Morgan fingerprint density at radius 1 is 1.00 bits per heavy atom. The van der Waals surface area contributed by atoms with Crippen molar-refractivity contribution in [3.05, 3.63) is 70.8 Å². The van der Waals surface area contributed by atoms with E-state index < -0.39 is 23.4 Å². The molecule has 2 aromatic carbocycles. The summed E-state index contributed by atoms with van der Waals surface area (Å²) in [5, 5.41) is 2.99. The maximum Gasteiger partial charge on any atom is 0.416 e. The highest BCUT2D eigenvalue weighted by atomic mass is 19.4. The molecule has 0 saturated carbocycles. The number of hydrogen-bond acceptors (Lipinski definition) is 1. The molecule has 1 nitrogen and oxygen atoms in total. The Labute approximate surface area is 124 Å². The van der Waals surface area contributed by atoms with Crippen LogP contribution < -0.4 is 5.32 Å². The minimum absolute atomic E-state index is 0.147. The second kappa shape index (κ2) is 6.44. The predicted molar refractivity (Wildman–Crippen MR) is 73.1 cm³/mol. The van der Waals surface area contributed by atoms with Gasteiger partial charge in [-0.25, -0.2) is 8.78 Å². The van der Waals surface area contributed by atoms with Gasteiger partial charge in [0.05, 0.1) is 5.56 Å². The van der Waals surface area contributed by atoms with Crippen molar-refractivity contribution in [1.82, 2.24) is 5.32 Å². The first-order chi connectivity index (χ1) is 10.3. The Morgan fingerprint density at radius 3 is 2.18 bits per heavy atom. The van der Waals surface area contributed by atoms with Gasteiger partial charge < -0.3 is 5.32 Å². The van der Waals surface area contributed by atoms with Crippen molar-refractivity contribution in [1.29, 1.82) is 0 Å². The van der Waals surface area contributed by atoms with E-state index in [9.17, 15) is 22.0 Å². The Bertz CT molecular complexity index is 634. The molecule has 0 aliphatic rings. The van der Waals surface area contributed by atoms with E-state index in [1.165, 1.54) is 18.2 Å². The summed E-state index contributed by atoms with van der Waals surface area (Å²) >= 11 is 0. The van der Waals surface area contributed by atoms with Crippen LogP contribution in [0.25, 0.3) is 0 Å². The molecule has 0 bridgehead atoms. The quantitative estimate of drug-likeness (QED) is 0.797. The third-order valence-electron chi connectivity index (χ3n) is 3.35. The summed E-state index contributed by atoms with van der Waals surface area (Å²) in [6.07, 6.45) is -4.37. The van der Waals surface area contributed by atoms with E-state index in [1.54, 1.807) is 6.92 Å². The molecule has 1 atom stereocenters. The number of alkyl halides is 3. The fraction of sp³-hybridized carbons (Fsp3) is 0.250. The van der Waals surface area contributed by atoms with Crippen LogP contribution in [-0.4, -0.2) is 0 Å². The average molecular weight is 315 g/mol. The third kappa shape index (κ3) is 4.04. The second-order valence-corrected chi connectivity index (χ2v) is 4.96. The van der Waals surface area contributed by atoms with Crippen molar-refractivity contribution in [3.8, 4) is 0 Å². The van der Waals surface area contributed by atoms with Gasteiger partial charge in [0.25, 0.3) is 0 Å². The molecular weight excluding hydrogens is 301 g/mol. The van der Waals surface area contributed by atoms with Gasteiger partial charge in [-0.1, -0.05) is 18.2 Å². The molecule has 2 rings (SSSR count). The Hall–Kier alpha value is -1.95. The normalized spacial score (nSPS) is 13.2. The van der Waals surface area contributed by atoms with E-state index >= 15 is 0 Å². The maximum absolute atomic E-state index is 13.5. The zero-order valence-corrected chi connectivity index (χ0v) is 11.7. The van der Waals surface area contributed by atoms with Crippen LogP contribution in [0.4, 0.5) is 22.0 Å². The lowest BCUT2D eigenvalue weighted by Crippen LogP contribution is -2.19. The molecule has 0 aliphatic heterocycles. The largest absolute Gasteiger partial charge is 0.416 e. The summed E-state index contributed by atoms with van der Waals surface area (Å²) in [5.74, 6) is -1.32. The Kier molecular flexibility index (Phi) is 4.81. The van der Waals surface area contributed by atoms with Gasteiger partial charge in [-0.05, 0) is 30.7 Å². The first-order valence-corrected chi connectivity index (χ1v) is 6.62. The second-order valence-electron chi connectivity index (χ2n) is 4.96. The summed E-state index contributed by atoms with van der Waals surface area (Å²) in [6, 6.07) is 7.77. The van der Waals surface area contributed by atoms with Crippen LogP contribution in [0.5, 0.6) is 0 Å². The predicted octanol–water partition coefficient (Wildman–Crippen LogP) is 4.83. The third-order valence-corrected chi connectivity index (χ3v) is 3.35. The van der Waals surface area contributed by atoms with Crippen molar-refractivity contribution < 1.29 is 22.0 Å². The van der Waals surface area contributed by atoms with E-state index in [2.05, 4.69) is 5.32 Å². The van der Waals surface area contributed by atoms with Gasteiger partial charge in [0.15, 0.2) is 0 Å². The monoisotopic (exact) mass is 315 g/mol. The van der Waals surface area contributed by atoms with E-state index in [0.29, 0.717) is 11.1 Å². The minimum Gasteiger partial charge on any atom is -0.306 e. The van der Waals surface area contributed by atoms with Gasteiger partial charge in [0.1, 0.15) is 11.6 Å². The van der Waals surface area contributed by atoms with Crippen molar-refractivity contribution >= 4 is 0 Å². The molecule has 0 aromatic heterocycles. The maximum atomic E-state index is 13.5. The molecule has 1 unspecified atom stereocenters. The summed E-state index contributed by atoms with van der Waals surface area (Å²) in [5.41, 5.74) is 0.226. The molecule has 0 radical (unpaired) electrons. The SMILES string of the molecule is CC(NCc1ccc(F)cc1F)c1ccc(C(F)(F)F)cc1. The van der Waals surface area contributed by atoms with Gasteiger partial charge in [-0.15, -0.1) is 0 Å². The standard InChI is InChI=1S/C16H14F5N/c1-10(11-2-5-13(6-3-11)16(19,20)21)22-9-12-4-7-14(17)8-15(12)18/h2-8,10,22H,9H2,1H3. The molecule has 1 N–H and O–H groups in total. The van der Waals surface area contributed by atoms with Gasteiger partial charge in [-0.2, -0.15) is 13.2 Å². The fourth-order valence-electron chi connectivity index (χ4n) is 2.01. The topological polar surface area (TPSA) is 12.0 Å². The lowest BCUT2D eigenvalue weighted by Gasteiger charge is -2.16. The van der Waals surface area contributed by atoms with Gasteiger partial charge in [-0.3, -0.25) is 0 Å². The molecule has 118 valence electrons. The molecule has 6 heteroatoms. The minimum atomic E-state index is -4.37. The van der Waals surface area contributed by atoms with Gasteiger partial charge in [0, 0.05) is 24.2 Å². The van der Waals surface area contributed by atoms with Crippen LogP contribution in [-0.2, 0) is 12.7 Å². The van der Waals surface area contributed by atoms with Gasteiger partial charge >= 0.3 is 6.18 Å². The Morgan fingerprint density at radius 2 is 1.64 bits per heavy atom. The van der Waals surface area contributed by atoms with Crippen molar-refractivity contribution in [2.75, 3.05) is 0 Å². The molecule has 0 amide bonds. The summed E-state index contributed by atoms with van der Waals surface area (Å²) in [6.45, 7) is 1.90. The molecule has 0 aliphatic carbocycles. The first kappa shape index (κ1) is 16.4. The molecular formula is C16H14F5N. The van der Waals surface area contributed by atoms with E-state index in [-0.39, 0.29) is 12.6 Å². The summed E-state index contributed by atoms with van der Waals surface area (Å²) < 4.78 is 63.7. The summed E-state index contributed by atoms with van der Waals surface area (Å²) in [4.78, 5) is 0. The molecule has 22 heavy (non-hydrogen) atoms. The van der Waals surface area contributed by atoms with Gasteiger partial charge in [0.2, 0.25) is 0 Å². The van der Waals surface area contributed by atoms with E-state index in [4.69, 9.17) is 0 Å². The molecule has 2 aromatic rings. The van der Waals surface area contributed by atoms with Crippen LogP contribution in [0, 0.1) is 11.6 Å². The van der Waals surface area contributed by atoms with Crippen molar-refractivity contribution in [2.45, 2.75) is 25.7 Å². The highest BCUT2D eigenvalue weighted by molar-refractivity contribution is 5.27. The van der Waals surface area contributed by atoms with Crippen molar-refractivity contribution in [2.24, 2.45) is 0 Å². The lowest BCUT2D eigenvalue weighted by atomic mass is 10.1. The molecule has 0 heterocycles. The number of rotatable bonds is 4. The first-order valence-electron chi connectivity index (χ1n) is 6.62. The van der Waals surface area contributed by atoms with Crippen LogP contribution in [0.15, 0.2) is 42.5 Å². The zero-order chi connectivity index (χ0) is 16.3. The lowest BCUT2D eigenvalue weighted by molar-refractivity contribution is -0.137. The number of benzene rings is 2. The van der Waals surface area contributed by atoms with Crippen LogP contribution in [0.3, 0.4) is 0 Å². The molecule has 0 fully saturated rings. The van der Waals surface area contributed by atoms with Crippen LogP contribution >= 0.6 is 0 Å². The average Bonchev–Trinajstić information content (AvgIpc) is 2.45. The fourth-order valence-corrected chi connectivity index (χ4v) is 2.01. The number of hydrogen-bond donors (Lipinski definition) is 1. The highest BCUT2D eigenvalue weighted by Gasteiger charge is 2.30. The summed E-state index contributed by atoms with van der Waals surface area (Å²) in [7, 11) is 0. The molecule has 0 spiro atoms. The van der Waals surface area contributed by atoms with Crippen molar-refractivity contribution in [3.63, 3.8) is 0 Å². The van der Waals surface area contributed by atoms with E-state index in [0.717, 1.165) is 24.3 Å². The Balaban J connectivity index is 2.01. The number of halogens is 5. The smallest absolute Gasteiger partial charge is 0.306 e. The zero-order valence-electron chi connectivity index (χ0n) is 11.7.